The number of benzene rings is 1. The summed E-state index contributed by atoms with van der Waals surface area (Å²) in [6.07, 6.45) is 3.30. The highest BCUT2D eigenvalue weighted by molar-refractivity contribution is 14.0. The molecule has 6 nitrogen and oxygen atoms in total. The van der Waals surface area contributed by atoms with Crippen LogP contribution < -0.4 is 10.1 Å². The van der Waals surface area contributed by atoms with Crippen molar-refractivity contribution >= 4 is 35.9 Å². The minimum absolute atomic E-state index is 0. The third-order valence-electron chi connectivity index (χ3n) is 4.31. The number of methoxy groups -OCH3 is 1. The van der Waals surface area contributed by atoms with Gasteiger partial charge in [-0.15, -0.1) is 24.0 Å². The summed E-state index contributed by atoms with van der Waals surface area (Å²) in [5.41, 5.74) is 1.06. The van der Waals surface area contributed by atoms with Crippen LogP contribution in [-0.4, -0.2) is 50.7 Å². The molecule has 0 unspecified atom stereocenters. The molecule has 0 atom stereocenters. The highest BCUT2D eigenvalue weighted by Crippen LogP contribution is 2.20. The number of esters is 1. The van der Waals surface area contributed by atoms with Crippen LogP contribution in [0.25, 0.3) is 0 Å². The molecule has 0 amide bonds. The van der Waals surface area contributed by atoms with Gasteiger partial charge in [-0.2, -0.15) is 0 Å². The molecule has 1 aromatic carbocycles. The van der Waals surface area contributed by atoms with Gasteiger partial charge in [0.15, 0.2) is 5.96 Å². The fourth-order valence-corrected chi connectivity index (χ4v) is 2.94. The van der Waals surface area contributed by atoms with E-state index in [1.807, 2.05) is 24.3 Å². The number of para-hydroxylation sites is 1. The second-order valence-corrected chi connectivity index (χ2v) is 5.89. The number of nitrogens with one attached hydrogen (secondary N) is 1. The number of hydrogen-bond acceptors (Lipinski definition) is 4. The largest absolute Gasteiger partial charge is 0.489 e. The number of carbonyl (C=O) groups excluding carboxylic acids is 1. The number of piperidine rings is 1. The molecule has 1 fully saturated rings. The number of carbonyl (C=O) groups is 1. The summed E-state index contributed by atoms with van der Waals surface area (Å²) in [7, 11) is 3.22. The Hall–Kier alpha value is -1.77. The third kappa shape index (κ3) is 6.19. The number of ether oxygens (including phenoxy) is 2. The Morgan fingerprint density at radius 2 is 2.08 bits per heavy atom. The van der Waals surface area contributed by atoms with E-state index in [-0.39, 0.29) is 35.9 Å². The van der Waals surface area contributed by atoms with Gasteiger partial charge < -0.3 is 19.7 Å². The van der Waals surface area contributed by atoms with Crippen LogP contribution in [0.1, 0.15) is 18.4 Å². The topological polar surface area (TPSA) is 63.2 Å². The van der Waals surface area contributed by atoms with Crippen LogP contribution in [0.2, 0.25) is 0 Å². The Morgan fingerprint density at radius 1 is 1.38 bits per heavy atom. The average Bonchev–Trinajstić information content (AvgIpc) is 2.67. The number of hydrogen-bond donors (Lipinski definition) is 1. The molecule has 7 heteroatoms. The van der Waals surface area contributed by atoms with E-state index < -0.39 is 0 Å². The highest BCUT2D eigenvalue weighted by Gasteiger charge is 2.26. The number of aliphatic imine (C=N–C) groups is 1. The highest BCUT2D eigenvalue weighted by atomic mass is 127. The van der Waals surface area contributed by atoms with E-state index >= 15 is 0 Å². The van der Waals surface area contributed by atoms with Gasteiger partial charge in [0.05, 0.1) is 13.0 Å². The second-order valence-electron chi connectivity index (χ2n) is 5.89. The molecule has 144 valence electrons. The Kier molecular flexibility index (Phi) is 10.1. The molecule has 1 saturated heterocycles. The van der Waals surface area contributed by atoms with Gasteiger partial charge in [0.2, 0.25) is 0 Å². The molecule has 1 aliphatic rings. The summed E-state index contributed by atoms with van der Waals surface area (Å²) < 4.78 is 10.5. The molecule has 1 N–H and O–H groups in total. The molecule has 0 aliphatic carbocycles. The van der Waals surface area contributed by atoms with E-state index in [0.717, 1.165) is 43.2 Å². The first-order valence-electron chi connectivity index (χ1n) is 8.54. The Balaban J connectivity index is 0.00000338. The van der Waals surface area contributed by atoms with Crippen molar-refractivity contribution in [1.29, 1.82) is 0 Å². The maximum absolute atomic E-state index is 11.6. The van der Waals surface area contributed by atoms with Crippen LogP contribution in [-0.2, 0) is 16.1 Å². The van der Waals surface area contributed by atoms with Gasteiger partial charge in [0.1, 0.15) is 12.4 Å². The molecule has 0 saturated carbocycles. The summed E-state index contributed by atoms with van der Waals surface area (Å²) in [4.78, 5) is 18.2. The second kappa shape index (κ2) is 11.8. The molecule has 0 bridgehead atoms. The molecule has 1 aromatic rings. The summed E-state index contributed by atoms with van der Waals surface area (Å²) in [6.45, 7) is 6.35. The smallest absolute Gasteiger partial charge is 0.308 e. The van der Waals surface area contributed by atoms with Gasteiger partial charge >= 0.3 is 5.97 Å². The molecule has 2 rings (SSSR count). The third-order valence-corrected chi connectivity index (χ3v) is 4.31. The fourth-order valence-electron chi connectivity index (χ4n) is 2.94. The molecule has 0 radical (unpaired) electrons. The van der Waals surface area contributed by atoms with Gasteiger partial charge in [0.25, 0.3) is 0 Å². The van der Waals surface area contributed by atoms with Crippen LogP contribution in [0.5, 0.6) is 5.75 Å². The molecular weight excluding hydrogens is 445 g/mol. The van der Waals surface area contributed by atoms with Crippen molar-refractivity contribution in [2.24, 2.45) is 10.9 Å². The Labute approximate surface area is 172 Å². The zero-order chi connectivity index (χ0) is 18.1. The lowest BCUT2D eigenvalue weighted by atomic mass is 9.97. The van der Waals surface area contributed by atoms with Crippen LogP contribution in [0, 0.1) is 5.92 Å². The van der Waals surface area contributed by atoms with Crippen LogP contribution in [0.4, 0.5) is 0 Å². The fraction of sp³-hybridized carbons (Fsp3) is 0.474. The monoisotopic (exact) mass is 473 g/mol. The van der Waals surface area contributed by atoms with Crippen molar-refractivity contribution < 1.29 is 14.3 Å². The van der Waals surface area contributed by atoms with Crippen molar-refractivity contribution in [1.82, 2.24) is 10.2 Å². The lowest BCUT2D eigenvalue weighted by molar-refractivity contribution is -0.146. The standard InChI is InChI=1S/C19H27N3O3.HI/c1-4-13-25-17-8-6-5-7-16(17)14-21-19(20-2)22-11-9-15(10-12-22)18(23)24-3;/h4-8,15H,1,9-14H2,2-3H3,(H,20,21);1H. The maximum atomic E-state index is 11.6. The van der Waals surface area contributed by atoms with Gasteiger partial charge in [0, 0.05) is 32.2 Å². The Bertz CT molecular complexity index is 614. The number of guanidine groups is 1. The first-order chi connectivity index (χ1) is 12.2. The van der Waals surface area contributed by atoms with Crippen molar-refractivity contribution in [3.8, 4) is 5.75 Å². The van der Waals surface area contributed by atoms with Gasteiger partial charge in [-0.25, -0.2) is 0 Å². The Morgan fingerprint density at radius 3 is 2.69 bits per heavy atom. The van der Waals surface area contributed by atoms with Crippen LogP contribution in [0.15, 0.2) is 41.9 Å². The zero-order valence-electron chi connectivity index (χ0n) is 15.4. The summed E-state index contributed by atoms with van der Waals surface area (Å²) >= 11 is 0. The summed E-state index contributed by atoms with van der Waals surface area (Å²) in [5, 5.41) is 3.38. The van der Waals surface area contributed by atoms with Gasteiger partial charge in [-0.3, -0.25) is 9.79 Å². The normalized spacial score (nSPS) is 15.0. The van der Waals surface area contributed by atoms with E-state index in [1.165, 1.54) is 7.11 Å². The predicted molar refractivity (Wildman–Crippen MR) is 114 cm³/mol. The average molecular weight is 473 g/mol. The quantitative estimate of drug-likeness (QED) is 0.227. The van der Waals surface area contributed by atoms with E-state index in [1.54, 1.807) is 13.1 Å². The van der Waals surface area contributed by atoms with Crippen molar-refractivity contribution in [2.45, 2.75) is 19.4 Å². The van der Waals surface area contributed by atoms with Gasteiger partial charge in [-0.05, 0) is 18.9 Å². The summed E-state index contributed by atoms with van der Waals surface area (Å²) in [5.74, 6) is 1.56. The van der Waals surface area contributed by atoms with Crippen molar-refractivity contribution in [3.05, 3.63) is 42.5 Å². The number of halogens is 1. The minimum Gasteiger partial charge on any atom is -0.489 e. The lowest BCUT2D eigenvalue weighted by Gasteiger charge is -2.33. The molecule has 1 heterocycles. The lowest BCUT2D eigenvalue weighted by Crippen LogP contribution is -2.46. The van der Waals surface area contributed by atoms with E-state index in [0.29, 0.717) is 13.2 Å². The number of rotatable bonds is 6. The first-order valence-corrected chi connectivity index (χ1v) is 8.54. The van der Waals surface area contributed by atoms with E-state index in [4.69, 9.17) is 9.47 Å². The molecule has 26 heavy (non-hydrogen) atoms. The zero-order valence-corrected chi connectivity index (χ0v) is 17.8. The van der Waals surface area contributed by atoms with Crippen molar-refractivity contribution in [3.63, 3.8) is 0 Å². The van der Waals surface area contributed by atoms with Crippen molar-refractivity contribution in [2.75, 3.05) is 33.9 Å². The van der Waals surface area contributed by atoms with E-state index in [2.05, 4.69) is 21.8 Å². The first kappa shape index (κ1) is 22.3. The van der Waals surface area contributed by atoms with E-state index in [9.17, 15) is 4.79 Å². The molecule has 0 spiro atoms. The van der Waals surface area contributed by atoms with Gasteiger partial charge in [-0.1, -0.05) is 30.9 Å². The number of nitrogens with zero attached hydrogens (tertiary/aromatic N) is 2. The van der Waals surface area contributed by atoms with Crippen LogP contribution in [0.3, 0.4) is 0 Å². The van der Waals surface area contributed by atoms with Crippen LogP contribution >= 0.6 is 24.0 Å². The molecule has 1 aliphatic heterocycles. The number of likely N-dealkylation sites (tertiary alicyclic amines) is 1. The maximum Gasteiger partial charge on any atom is 0.308 e. The SMILES string of the molecule is C=CCOc1ccccc1CNC(=NC)N1CCC(C(=O)OC)CC1.I. The predicted octanol–water partition coefficient (Wildman–Crippen LogP) is 2.83. The minimum atomic E-state index is -0.115. The summed E-state index contributed by atoms with van der Waals surface area (Å²) in [6, 6.07) is 7.92. The molecule has 0 aromatic heterocycles. The molecular formula is C19H28IN3O3.